The molecule has 2 N–H and O–H groups in total. The van der Waals surface area contributed by atoms with E-state index >= 15 is 0 Å². The molecule has 0 bridgehead atoms. The Kier molecular flexibility index (Phi) is 7.30. The smallest absolute Gasteiger partial charge is 0.270 e. The third-order valence-corrected chi connectivity index (χ3v) is 5.37. The first-order valence-electron chi connectivity index (χ1n) is 9.32. The standard InChI is InChI=1S/C19H17N7O6S/c1-24-16(10-20-18(28)12-3-2-4-15(9-12)26(31)32)22-23-19(24)33-11-17(27)21-13-5-7-14(8-6-13)25(29)30/h2-9H,10-11H2,1H3,(H,20,28)(H,21,27). The molecule has 0 aliphatic rings. The molecule has 0 saturated heterocycles. The molecular weight excluding hydrogens is 454 g/mol. The van der Waals surface area contributed by atoms with Gasteiger partial charge in [0.2, 0.25) is 5.91 Å². The molecule has 1 heterocycles. The van der Waals surface area contributed by atoms with E-state index < -0.39 is 15.8 Å². The molecule has 3 aromatic rings. The van der Waals surface area contributed by atoms with Crippen LogP contribution >= 0.6 is 11.8 Å². The topological polar surface area (TPSA) is 175 Å². The van der Waals surface area contributed by atoms with Crippen LogP contribution in [0.1, 0.15) is 16.2 Å². The highest BCUT2D eigenvalue weighted by Crippen LogP contribution is 2.18. The zero-order valence-corrected chi connectivity index (χ0v) is 17.9. The lowest BCUT2D eigenvalue weighted by molar-refractivity contribution is -0.385. The van der Waals surface area contributed by atoms with Gasteiger partial charge in [-0.15, -0.1) is 10.2 Å². The third-order valence-electron chi connectivity index (χ3n) is 4.35. The van der Waals surface area contributed by atoms with Crippen molar-refractivity contribution in [3.05, 3.63) is 80.1 Å². The van der Waals surface area contributed by atoms with E-state index in [1.54, 1.807) is 11.6 Å². The van der Waals surface area contributed by atoms with Crippen molar-refractivity contribution >= 4 is 40.6 Å². The van der Waals surface area contributed by atoms with Gasteiger partial charge in [0.1, 0.15) is 0 Å². The van der Waals surface area contributed by atoms with Crippen LogP contribution in [0.2, 0.25) is 0 Å². The first kappa shape index (κ1) is 23.3. The van der Waals surface area contributed by atoms with Gasteiger partial charge in [0.15, 0.2) is 11.0 Å². The Labute approximate surface area is 190 Å². The Morgan fingerprint density at radius 1 is 1.03 bits per heavy atom. The summed E-state index contributed by atoms with van der Waals surface area (Å²) >= 11 is 1.12. The summed E-state index contributed by atoms with van der Waals surface area (Å²) in [6, 6.07) is 10.8. The zero-order valence-electron chi connectivity index (χ0n) is 17.1. The highest BCUT2D eigenvalue weighted by atomic mass is 32.2. The Morgan fingerprint density at radius 2 is 1.73 bits per heavy atom. The van der Waals surface area contributed by atoms with Crippen LogP contribution in [0.4, 0.5) is 17.1 Å². The first-order chi connectivity index (χ1) is 15.7. The van der Waals surface area contributed by atoms with Gasteiger partial charge in [-0.3, -0.25) is 29.8 Å². The summed E-state index contributed by atoms with van der Waals surface area (Å²) in [5.41, 5.74) is 0.302. The molecule has 0 radical (unpaired) electrons. The SMILES string of the molecule is Cn1c(CNC(=O)c2cccc([N+](=O)[O-])c2)nnc1SCC(=O)Nc1ccc([N+](=O)[O-])cc1. The second-order valence-electron chi connectivity index (χ2n) is 6.59. The van der Waals surface area contributed by atoms with Crippen LogP contribution in [0.5, 0.6) is 0 Å². The van der Waals surface area contributed by atoms with Gasteiger partial charge in [-0.25, -0.2) is 0 Å². The maximum Gasteiger partial charge on any atom is 0.270 e. The van der Waals surface area contributed by atoms with E-state index in [2.05, 4.69) is 20.8 Å². The first-order valence-corrected chi connectivity index (χ1v) is 10.3. The van der Waals surface area contributed by atoms with Gasteiger partial charge < -0.3 is 15.2 Å². The minimum Gasteiger partial charge on any atom is -0.345 e. The highest BCUT2D eigenvalue weighted by Gasteiger charge is 2.15. The summed E-state index contributed by atoms with van der Waals surface area (Å²) in [5, 5.41) is 35.2. The number of nitrogens with zero attached hydrogens (tertiary/aromatic N) is 5. The number of hydrogen-bond acceptors (Lipinski definition) is 9. The summed E-state index contributed by atoms with van der Waals surface area (Å²) in [6.45, 7) is 0.0283. The van der Waals surface area contributed by atoms with E-state index in [4.69, 9.17) is 0 Å². The Morgan fingerprint density at radius 3 is 2.39 bits per heavy atom. The number of benzene rings is 2. The second kappa shape index (κ2) is 10.3. The maximum atomic E-state index is 12.3. The van der Waals surface area contributed by atoms with E-state index in [0.29, 0.717) is 16.7 Å². The number of nitro benzene ring substituents is 2. The molecule has 2 aromatic carbocycles. The number of aromatic nitrogens is 3. The lowest BCUT2D eigenvalue weighted by Crippen LogP contribution is -2.24. The van der Waals surface area contributed by atoms with E-state index in [0.717, 1.165) is 11.8 Å². The minimum atomic E-state index is -0.583. The van der Waals surface area contributed by atoms with Crippen LogP contribution in [0.15, 0.2) is 53.7 Å². The fourth-order valence-electron chi connectivity index (χ4n) is 2.64. The van der Waals surface area contributed by atoms with Crippen molar-refractivity contribution in [1.29, 1.82) is 0 Å². The maximum absolute atomic E-state index is 12.3. The van der Waals surface area contributed by atoms with E-state index in [9.17, 15) is 29.8 Å². The highest BCUT2D eigenvalue weighted by molar-refractivity contribution is 7.99. The molecule has 2 amide bonds. The molecule has 1 aromatic heterocycles. The van der Waals surface area contributed by atoms with E-state index in [-0.39, 0.29) is 35.1 Å². The fraction of sp³-hybridized carbons (Fsp3) is 0.158. The number of rotatable bonds is 9. The number of nitrogens with one attached hydrogen (secondary N) is 2. The summed E-state index contributed by atoms with van der Waals surface area (Å²) in [6.07, 6.45) is 0. The van der Waals surface area contributed by atoms with Crippen LogP contribution < -0.4 is 10.6 Å². The number of amides is 2. The van der Waals surface area contributed by atoms with Crippen molar-refractivity contribution in [3.63, 3.8) is 0 Å². The number of non-ortho nitro benzene ring substituents is 2. The Hall–Kier alpha value is -4.33. The van der Waals surface area contributed by atoms with E-state index in [1.165, 1.54) is 48.5 Å². The molecule has 0 spiro atoms. The van der Waals surface area contributed by atoms with Crippen LogP contribution in [0.3, 0.4) is 0 Å². The molecule has 14 heteroatoms. The van der Waals surface area contributed by atoms with Crippen molar-refractivity contribution in [2.45, 2.75) is 11.7 Å². The van der Waals surface area contributed by atoms with Crippen LogP contribution in [0, 0.1) is 20.2 Å². The average Bonchev–Trinajstić information content (AvgIpc) is 3.15. The molecule has 0 aliphatic carbocycles. The Bertz CT molecular complexity index is 1210. The van der Waals surface area contributed by atoms with Gasteiger partial charge in [-0.05, 0) is 18.2 Å². The van der Waals surface area contributed by atoms with Gasteiger partial charge in [-0.1, -0.05) is 17.8 Å². The van der Waals surface area contributed by atoms with Gasteiger partial charge in [0.05, 0.1) is 22.1 Å². The largest absolute Gasteiger partial charge is 0.345 e. The number of hydrogen-bond donors (Lipinski definition) is 2. The molecule has 0 unspecified atom stereocenters. The summed E-state index contributed by atoms with van der Waals surface area (Å²) in [4.78, 5) is 44.8. The molecule has 13 nitrogen and oxygen atoms in total. The summed E-state index contributed by atoms with van der Waals surface area (Å²) in [7, 11) is 1.67. The van der Waals surface area contributed by atoms with Gasteiger partial charge in [-0.2, -0.15) is 0 Å². The van der Waals surface area contributed by atoms with Crippen molar-refractivity contribution in [1.82, 2.24) is 20.1 Å². The molecule has 0 atom stereocenters. The third kappa shape index (κ3) is 6.10. The number of nitro groups is 2. The summed E-state index contributed by atoms with van der Waals surface area (Å²) < 4.78 is 1.61. The van der Waals surface area contributed by atoms with Gasteiger partial charge in [0, 0.05) is 42.6 Å². The summed E-state index contributed by atoms with van der Waals surface area (Å²) in [5.74, 6) is -0.397. The van der Waals surface area contributed by atoms with Crippen LogP contribution in [0.25, 0.3) is 0 Å². The monoisotopic (exact) mass is 471 g/mol. The van der Waals surface area contributed by atoms with Crippen molar-refractivity contribution in [3.8, 4) is 0 Å². The Balaban J connectivity index is 1.52. The van der Waals surface area contributed by atoms with Crippen LogP contribution in [-0.4, -0.2) is 42.2 Å². The number of thioether (sulfide) groups is 1. The van der Waals surface area contributed by atoms with Gasteiger partial charge >= 0.3 is 0 Å². The van der Waals surface area contributed by atoms with Crippen LogP contribution in [-0.2, 0) is 18.4 Å². The minimum absolute atomic E-state index is 0.0169. The van der Waals surface area contributed by atoms with E-state index in [1.807, 2.05) is 0 Å². The quantitative estimate of drug-likeness (QED) is 0.269. The fourth-order valence-corrected chi connectivity index (χ4v) is 3.37. The molecule has 170 valence electrons. The molecule has 3 rings (SSSR count). The lowest BCUT2D eigenvalue weighted by Gasteiger charge is -2.07. The molecule has 33 heavy (non-hydrogen) atoms. The van der Waals surface area contributed by atoms with Crippen molar-refractivity contribution in [2.24, 2.45) is 7.05 Å². The van der Waals surface area contributed by atoms with Gasteiger partial charge in [0.25, 0.3) is 17.3 Å². The van der Waals surface area contributed by atoms with Crippen molar-refractivity contribution < 1.29 is 19.4 Å². The van der Waals surface area contributed by atoms with Crippen molar-refractivity contribution in [2.75, 3.05) is 11.1 Å². The predicted octanol–water partition coefficient (Wildman–Crippen LogP) is 2.29. The zero-order chi connectivity index (χ0) is 24.0. The number of anilines is 1. The molecule has 0 aliphatic heterocycles. The number of carbonyl (C=O) groups excluding carboxylic acids is 2. The predicted molar refractivity (Wildman–Crippen MR) is 118 cm³/mol. The molecule has 0 fully saturated rings. The lowest BCUT2D eigenvalue weighted by atomic mass is 10.2. The normalized spacial score (nSPS) is 10.5. The second-order valence-corrected chi connectivity index (χ2v) is 7.53. The molecular formula is C19H17N7O6S. The average molecular weight is 471 g/mol. The molecule has 0 saturated carbocycles. The number of carbonyl (C=O) groups is 2.